The van der Waals surface area contributed by atoms with Crippen molar-refractivity contribution in [3.8, 4) is 0 Å². The van der Waals surface area contributed by atoms with Gasteiger partial charge in [0.25, 0.3) is 11.7 Å². The second kappa shape index (κ2) is 7.97. The number of aliphatic hydroxyl groups excluding tert-OH is 1. The smallest absolute Gasteiger partial charge is 0.295 e. The summed E-state index contributed by atoms with van der Waals surface area (Å²) in [7, 11) is 0. The van der Waals surface area contributed by atoms with Crippen LogP contribution in [0.4, 0.5) is 0 Å². The van der Waals surface area contributed by atoms with Crippen LogP contribution in [-0.4, -0.2) is 28.2 Å². The molecule has 1 unspecified atom stereocenters. The molecular formula is C22H22ClNO3. The van der Waals surface area contributed by atoms with E-state index in [9.17, 15) is 14.7 Å². The molecular weight excluding hydrogens is 362 g/mol. The van der Waals surface area contributed by atoms with Crippen molar-refractivity contribution in [2.24, 2.45) is 0 Å². The molecule has 1 aliphatic rings. The third kappa shape index (κ3) is 3.76. The Labute approximate surface area is 164 Å². The van der Waals surface area contributed by atoms with Crippen molar-refractivity contribution in [2.75, 3.05) is 6.54 Å². The van der Waals surface area contributed by atoms with Crippen LogP contribution in [0.3, 0.4) is 0 Å². The zero-order valence-corrected chi connectivity index (χ0v) is 16.2. The van der Waals surface area contributed by atoms with E-state index >= 15 is 0 Å². The van der Waals surface area contributed by atoms with Gasteiger partial charge in [-0.15, -0.1) is 0 Å². The minimum absolute atomic E-state index is 0.127. The van der Waals surface area contributed by atoms with Crippen LogP contribution >= 0.6 is 11.6 Å². The minimum Gasteiger partial charge on any atom is -0.507 e. The first-order valence-electron chi connectivity index (χ1n) is 9.05. The predicted molar refractivity (Wildman–Crippen MR) is 107 cm³/mol. The van der Waals surface area contributed by atoms with Crippen LogP contribution in [0.15, 0.2) is 54.1 Å². The molecule has 2 aromatic carbocycles. The van der Waals surface area contributed by atoms with Crippen molar-refractivity contribution in [3.05, 3.63) is 75.8 Å². The summed E-state index contributed by atoms with van der Waals surface area (Å²) in [5.74, 6) is -1.37. The van der Waals surface area contributed by atoms with Gasteiger partial charge in [-0.1, -0.05) is 66.9 Å². The molecule has 1 saturated heterocycles. The number of hydrogen-bond acceptors (Lipinski definition) is 3. The van der Waals surface area contributed by atoms with E-state index in [0.29, 0.717) is 17.1 Å². The molecule has 1 N–H and O–H groups in total. The van der Waals surface area contributed by atoms with Crippen LogP contribution in [0.5, 0.6) is 0 Å². The van der Waals surface area contributed by atoms with E-state index in [1.165, 1.54) is 0 Å². The van der Waals surface area contributed by atoms with Gasteiger partial charge in [-0.2, -0.15) is 0 Å². The van der Waals surface area contributed by atoms with Crippen molar-refractivity contribution in [2.45, 2.75) is 32.7 Å². The molecule has 0 radical (unpaired) electrons. The number of nitrogens with zero attached hydrogens (tertiary/aromatic N) is 1. The van der Waals surface area contributed by atoms with E-state index in [1.54, 1.807) is 41.3 Å². The van der Waals surface area contributed by atoms with E-state index in [1.807, 2.05) is 26.0 Å². The maximum absolute atomic E-state index is 12.8. The lowest BCUT2D eigenvalue weighted by Crippen LogP contribution is -2.30. The number of likely N-dealkylation sites (tertiary alicyclic amines) is 1. The molecule has 0 aromatic heterocycles. The predicted octanol–water partition coefficient (Wildman–Crippen LogP) is 4.87. The van der Waals surface area contributed by atoms with Crippen molar-refractivity contribution < 1.29 is 14.7 Å². The monoisotopic (exact) mass is 383 g/mol. The summed E-state index contributed by atoms with van der Waals surface area (Å²) in [5, 5.41) is 11.5. The number of Topliss-reactive ketones (excluding diaryl/α,β-unsaturated/α-hetero) is 1. The molecule has 1 atom stereocenters. The van der Waals surface area contributed by atoms with Crippen molar-refractivity contribution >= 4 is 29.1 Å². The minimum atomic E-state index is -0.649. The van der Waals surface area contributed by atoms with Crippen LogP contribution in [-0.2, 0) is 9.59 Å². The third-order valence-electron chi connectivity index (χ3n) is 4.80. The van der Waals surface area contributed by atoms with Crippen molar-refractivity contribution in [1.29, 1.82) is 0 Å². The molecule has 3 rings (SSSR count). The maximum atomic E-state index is 12.8. The lowest BCUT2D eigenvalue weighted by molar-refractivity contribution is -0.139. The molecule has 0 spiro atoms. The molecule has 0 aliphatic carbocycles. The number of carbonyl (C=O) groups excluding carboxylic acids is 2. The molecule has 1 amide bonds. The van der Waals surface area contributed by atoms with Gasteiger partial charge in [0.15, 0.2) is 0 Å². The van der Waals surface area contributed by atoms with Crippen molar-refractivity contribution in [1.82, 2.24) is 4.90 Å². The summed E-state index contributed by atoms with van der Waals surface area (Å²) >= 11 is 6.00. The molecule has 27 heavy (non-hydrogen) atoms. The highest BCUT2D eigenvalue weighted by Gasteiger charge is 2.45. The fourth-order valence-corrected chi connectivity index (χ4v) is 3.42. The number of aliphatic hydroxyl groups is 1. The van der Waals surface area contributed by atoms with Gasteiger partial charge in [-0.05, 0) is 31.0 Å². The SMILES string of the molecule is CCCCN1C(=O)C(=O)C(=C(O)c2ccc(C)cc2)C1c1ccc(Cl)cc1. The number of halogens is 1. The van der Waals surface area contributed by atoms with E-state index in [0.717, 1.165) is 24.0 Å². The zero-order chi connectivity index (χ0) is 19.6. The van der Waals surface area contributed by atoms with E-state index in [2.05, 4.69) is 0 Å². The number of rotatable bonds is 5. The Morgan fingerprint density at radius 1 is 1.07 bits per heavy atom. The number of carbonyl (C=O) groups is 2. The molecule has 1 aliphatic heterocycles. The Hall–Kier alpha value is -2.59. The first-order chi connectivity index (χ1) is 12.9. The molecule has 5 heteroatoms. The molecule has 0 bridgehead atoms. The van der Waals surface area contributed by atoms with Gasteiger partial charge in [0.1, 0.15) is 5.76 Å². The average molecular weight is 384 g/mol. The number of aryl methyl sites for hydroxylation is 1. The number of benzene rings is 2. The number of hydrogen-bond donors (Lipinski definition) is 1. The average Bonchev–Trinajstić information content (AvgIpc) is 2.91. The number of ketones is 1. The third-order valence-corrected chi connectivity index (χ3v) is 5.06. The summed E-state index contributed by atoms with van der Waals surface area (Å²) in [6.07, 6.45) is 1.68. The molecule has 2 aromatic rings. The second-order valence-electron chi connectivity index (χ2n) is 6.76. The van der Waals surface area contributed by atoms with Crippen LogP contribution in [0.1, 0.15) is 42.5 Å². The van der Waals surface area contributed by atoms with Crippen LogP contribution < -0.4 is 0 Å². The number of amides is 1. The largest absolute Gasteiger partial charge is 0.507 e. The first-order valence-corrected chi connectivity index (χ1v) is 9.42. The van der Waals surface area contributed by atoms with Crippen LogP contribution in [0.25, 0.3) is 5.76 Å². The lowest BCUT2D eigenvalue weighted by Gasteiger charge is -2.25. The lowest BCUT2D eigenvalue weighted by atomic mass is 9.95. The fraction of sp³-hybridized carbons (Fsp3) is 0.273. The summed E-state index contributed by atoms with van der Waals surface area (Å²) in [6, 6.07) is 13.6. The van der Waals surface area contributed by atoms with Gasteiger partial charge in [-0.25, -0.2) is 0 Å². The fourth-order valence-electron chi connectivity index (χ4n) is 3.30. The van der Waals surface area contributed by atoms with E-state index in [4.69, 9.17) is 11.6 Å². The summed E-state index contributed by atoms with van der Waals surface area (Å²) in [4.78, 5) is 27.0. The van der Waals surface area contributed by atoms with Gasteiger partial charge in [0.05, 0.1) is 11.6 Å². The quantitative estimate of drug-likeness (QED) is 0.455. The van der Waals surface area contributed by atoms with Gasteiger partial charge in [0.2, 0.25) is 0 Å². The first kappa shape index (κ1) is 19.2. The van der Waals surface area contributed by atoms with Crippen LogP contribution in [0, 0.1) is 6.92 Å². The van der Waals surface area contributed by atoms with E-state index in [-0.39, 0.29) is 11.3 Å². The standard InChI is InChI=1S/C22H22ClNO3/c1-3-4-13-24-19(15-9-11-17(23)12-10-15)18(21(26)22(24)27)20(25)16-7-5-14(2)6-8-16/h5-12,19,25H,3-4,13H2,1-2H3. The van der Waals surface area contributed by atoms with Gasteiger partial charge < -0.3 is 10.0 Å². The molecule has 4 nitrogen and oxygen atoms in total. The Kier molecular flexibility index (Phi) is 5.66. The summed E-state index contributed by atoms with van der Waals surface area (Å²) < 4.78 is 0. The maximum Gasteiger partial charge on any atom is 0.295 e. The molecule has 140 valence electrons. The van der Waals surface area contributed by atoms with Gasteiger partial charge >= 0.3 is 0 Å². The van der Waals surface area contributed by atoms with Gasteiger partial charge in [0, 0.05) is 17.1 Å². The highest BCUT2D eigenvalue weighted by molar-refractivity contribution is 6.46. The number of unbranched alkanes of at least 4 members (excludes halogenated alkanes) is 1. The van der Waals surface area contributed by atoms with E-state index < -0.39 is 17.7 Å². The molecule has 0 saturated carbocycles. The summed E-state index contributed by atoms with van der Waals surface area (Å²) in [5.41, 5.74) is 2.45. The molecule has 1 fully saturated rings. The topological polar surface area (TPSA) is 57.6 Å². The Morgan fingerprint density at radius 3 is 2.30 bits per heavy atom. The Balaban J connectivity index is 2.14. The Bertz CT molecular complexity index is 885. The molecule has 1 heterocycles. The highest BCUT2D eigenvalue weighted by Crippen LogP contribution is 2.39. The highest BCUT2D eigenvalue weighted by atomic mass is 35.5. The van der Waals surface area contributed by atoms with Gasteiger partial charge in [-0.3, -0.25) is 9.59 Å². The zero-order valence-electron chi connectivity index (χ0n) is 15.4. The second-order valence-corrected chi connectivity index (χ2v) is 7.20. The normalized spacial score (nSPS) is 18.9. The summed E-state index contributed by atoms with van der Waals surface area (Å²) in [6.45, 7) is 4.43. The van der Waals surface area contributed by atoms with Crippen LogP contribution in [0.2, 0.25) is 5.02 Å². The Morgan fingerprint density at radius 2 is 1.70 bits per heavy atom. The van der Waals surface area contributed by atoms with Crippen molar-refractivity contribution in [3.63, 3.8) is 0 Å².